The molecule has 0 amide bonds. The number of carboxylic acids is 2. The third-order valence-corrected chi connectivity index (χ3v) is 8.64. The minimum absolute atomic E-state index is 0.0277. The molecule has 3 aromatic heterocycles. The maximum Gasteiger partial charge on any atom is 0.328 e. The fraction of sp³-hybridized carbons (Fsp3) is 0.294. The van der Waals surface area contributed by atoms with E-state index < -0.39 is 11.9 Å². The lowest BCUT2D eigenvalue weighted by Gasteiger charge is -2.02. The molecular weight excluding hydrogens is 560 g/mol. The normalized spacial score (nSPS) is 13.4. The highest BCUT2D eigenvalue weighted by Crippen LogP contribution is 2.37. The van der Waals surface area contributed by atoms with Crippen molar-refractivity contribution in [1.82, 2.24) is 19.9 Å². The van der Waals surface area contributed by atoms with E-state index in [4.69, 9.17) is 9.97 Å². The lowest BCUT2D eigenvalue weighted by molar-refractivity contribution is -0.137. The number of aliphatic carboxylic acids is 2. The first-order valence-electron chi connectivity index (χ1n) is 14.4. The molecule has 0 unspecified atom stereocenters. The molecule has 0 atom stereocenters. The van der Waals surface area contributed by atoms with Crippen molar-refractivity contribution < 1.29 is 19.8 Å². The van der Waals surface area contributed by atoms with Crippen LogP contribution < -0.4 is 0 Å². The molecule has 43 heavy (non-hydrogen) atoms. The maximum absolute atomic E-state index is 11.5. The number of aromatic amines is 2. The summed E-state index contributed by atoms with van der Waals surface area (Å²) >= 11 is 4.52. The molecule has 0 aromatic carbocycles. The number of nitrogens with zero attached hydrogens (tertiary/aromatic N) is 2. The zero-order chi connectivity index (χ0) is 31.0. The van der Waals surface area contributed by atoms with Crippen molar-refractivity contribution in [2.45, 2.75) is 60.3 Å². The van der Waals surface area contributed by atoms with E-state index in [1.54, 1.807) is 6.08 Å². The highest BCUT2D eigenvalue weighted by Gasteiger charge is 2.21. The van der Waals surface area contributed by atoms with E-state index in [1.165, 1.54) is 5.56 Å². The van der Waals surface area contributed by atoms with Gasteiger partial charge < -0.3 is 20.2 Å². The highest BCUT2D eigenvalue weighted by molar-refractivity contribution is 7.80. The standard InChI is InChI=1S/C34H36N4O4S/c1-6-21-17(2)25-13-26-18(3)22(7-9-33(39)40)31(36-26)16-32-23(8-10-34(41)42)19(4)28(38-32)15-30-24(11-12-43)20(5)27(37-30)14-29(21)35-25/h8,10,13-16,35,38,43H,6-7,9,11-12H2,1-5H3,(H,39,40)(H,41,42)/b10-8+,25-13?,26-13?,27-14?,28-15?,29-14?,30-15?,31-16?,32-16?. The van der Waals surface area contributed by atoms with E-state index in [0.717, 1.165) is 91.5 Å². The second kappa shape index (κ2) is 12.1. The van der Waals surface area contributed by atoms with E-state index in [1.807, 2.05) is 32.0 Å². The summed E-state index contributed by atoms with van der Waals surface area (Å²) in [4.78, 5) is 40.2. The van der Waals surface area contributed by atoms with E-state index in [9.17, 15) is 19.8 Å². The van der Waals surface area contributed by atoms with Crippen LogP contribution in [0, 0.1) is 13.8 Å². The van der Waals surface area contributed by atoms with Crippen molar-refractivity contribution in [2.75, 3.05) is 5.75 Å². The van der Waals surface area contributed by atoms with Crippen molar-refractivity contribution in [1.29, 1.82) is 0 Å². The number of carbonyl (C=O) groups is 2. The van der Waals surface area contributed by atoms with Crippen molar-refractivity contribution in [2.24, 2.45) is 0 Å². The maximum atomic E-state index is 11.5. The molecule has 3 aromatic rings. The fourth-order valence-corrected chi connectivity index (χ4v) is 6.20. The van der Waals surface area contributed by atoms with Crippen LogP contribution in [0.1, 0.15) is 85.1 Å². The Morgan fingerprint density at radius 2 is 1.33 bits per heavy atom. The number of rotatable bonds is 8. The number of aromatic nitrogens is 4. The molecule has 8 bridgehead atoms. The van der Waals surface area contributed by atoms with Crippen LogP contribution in [-0.4, -0.2) is 47.8 Å². The number of allylic oxidation sites excluding steroid dienone is 4. The molecule has 2 aliphatic rings. The molecule has 5 rings (SSSR count). The van der Waals surface area contributed by atoms with Crippen molar-refractivity contribution in [3.05, 3.63) is 75.4 Å². The fourth-order valence-electron chi connectivity index (χ4n) is 5.98. The quantitative estimate of drug-likeness (QED) is 0.134. The molecule has 0 radical (unpaired) electrons. The van der Waals surface area contributed by atoms with Crippen LogP contribution in [0.3, 0.4) is 0 Å². The van der Waals surface area contributed by atoms with Gasteiger partial charge in [0, 0.05) is 40.1 Å². The number of thiol groups is 1. The lowest BCUT2D eigenvalue weighted by Crippen LogP contribution is -1.95. The monoisotopic (exact) mass is 596 g/mol. The second-order valence-corrected chi connectivity index (χ2v) is 11.4. The largest absolute Gasteiger partial charge is 0.481 e. The zero-order valence-electron chi connectivity index (χ0n) is 25.1. The molecule has 9 heteroatoms. The van der Waals surface area contributed by atoms with Gasteiger partial charge in [-0.1, -0.05) is 6.92 Å². The summed E-state index contributed by atoms with van der Waals surface area (Å²) in [5, 5.41) is 18.9. The Morgan fingerprint density at radius 1 is 0.791 bits per heavy atom. The first kappa shape index (κ1) is 30.1. The Bertz CT molecular complexity index is 1920. The summed E-state index contributed by atoms with van der Waals surface area (Å²) in [7, 11) is 0. The van der Waals surface area contributed by atoms with Gasteiger partial charge in [-0.25, -0.2) is 14.8 Å². The number of hydrogen-bond acceptors (Lipinski definition) is 5. The molecule has 2 aliphatic heterocycles. The molecule has 222 valence electrons. The molecular formula is C34H36N4O4S. The number of aryl methyl sites for hydroxylation is 3. The Hall–Kier alpha value is -4.37. The SMILES string of the molecule is CCc1c(C)c2cc3nc(cc4[nH]c(cc5nc(cc1[nH]2)C(C)=C5CCS)c(C)c4/C=C/C(=O)O)C(CCC(=O)O)=C3C. The lowest BCUT2D eigenvalue weighted by atomic mass is 10.0. The van der Waals surface area contributed by atoms with Gasteiger partial charge in [-0.3, -0.25) is 4.79 Å². The second-order valence-electron chi connectivity index (χ2n) is 11.0. The predicted octanol–water partition coefficient (Wildman–Crippen LogP) is 7.64. The minimum Gasteiger partial charge on any atom is -0.481 e. The van der Waals surface area contributed by atoms with Crippen LogP contribution in [0.25, 0.3) is 50.4 Å². The van der Waals surface area contributed by atoms with Gasteiger partial charge in [-0.05, 0) is 122 Å². The molecule has 8 nitrogen and oxygen atoms in total. The van der Waals surface area contributed by atoms with Crippen LogP contribution in [0.2, 0.25) is 0 Å². The van der Waals surface area contributed by atoms with Crippen LogP contribution in [0.4, 0.5) is 0 Å². The van der Waals surface area contributed by atoms with E-state index in [2.05, 4.69) is 49.4 Å². The molecule has 4 N–H and O–H groups in total. The Morgan fingerprint density at radius 3 is 1.91 bits per heavy atom. The minimum atomic E-state index is -1.05. The average Bonchev–Trinajstić information content (AvgIpc) is 3.61. The number of nitrogens with one attached hydrogen (secondary N) is 2. The van der Waals surface area contributed by atoms with Gasteiger partial charge in [-0.15, -0.1) is 0 Å². The summed E-state index contributed by atoms with van der Waals surface area (Å²) in [5.41, 5.74) is 14.5. The Labute approximate surface area is 255 Å². The van der Waals surface area contributed by atoms with Crippen molar-refractivity contribution >= 4 is 75.0 Å². The van der Waals surface area contributed by atoms with Crippen molar-refractivity contribution in [3.63, 3.8) is 0 Å². The highest BCUT2D eigenvalue weighted by atomic mass is 32.1. The summed E-state index contributed by atoms with van der Waals surface area (Å²) in [6, 6.07) is 8.05. The van der Waals surface area contributed by atoms with Gasteiger partial charge in [0.05, 0.1) is 22.8 Å². The third-order valence-electron chi connectivity index (χ3n) is 8.41. The number of hydrogen-bond donors (Lipinski definition) is 5. The Kier molecular flexibility index (Phi) is 8.46. The van der Waals surface area contributed by atoms with Crippen LogP contribution >= 0.6 is 12.6 Å². The van der Waals surface area contributed by atoms with Gasteiger partial charge in [0.15, 0.2) is 0 Å². The van der Waals surface area contributed by atoms with Crippen LogP contribution in [0.5, 0.6) is 0 Å². The molecule has 0 saturated heterocycles. The Balaban J connectivity index is 1.95. The summed E-state index contributed by atoms with van der Waals surface area (Å²) in [6.07, 6.45) is 4.59. The van der Waals surface area contributed by atoms with Gasteiger partial charge in [0.2, 0.25) is 0 Å². The zero-order valence-corrected chi connectivity index (χ0v) is 25.9. The summed E-state index contributed by atoms with van der Waals surface area (Å²) in [6.45, 7) is 10.3. The van der Waals surface area contributed by atoms with E-state index in [0.29, 0.717) is 23.4 Å². The molecule has 0 fully saturated rings. The molecule has 0 saturated carbocycles. The summed E-state index contributed by atoms with van der Waals surface area (Å²) < 4.78 is 0. The number of carboxylic acid groups (broad SMARTS) is 2. The third kappa shape index (κ3) is 5.82. The topological polar surface area (TPSA) is 132 Å². The first-order valence-corrected chi connectivity index (χ1v) is 15.0. The van der Waals surface area contributed by atoms with Gasteiger partial charge in [0.25, 0.3) is 0 Å². The molecule has 0 spiro atoms. The van der Waals surface area contributed by atoms with Gasteiger partial charge in [-0.2, -0.15) is 12.6 Å². The summed E-state index contributed by atoms with van der Waals surface area (Å²) in [5.74, 6) is -1.25. The van der Waals surface area contributed by atoms with Crippen LogP contribution in [-0.2, 0) is 16.0 Å². The number of fused-ring (bicyclic) bond motifs is 8. The van der Waals surface area contributed by atoms with Crippen molar-refractivity contribution in [3.8, 4) is 0 Å². The average molecular weight is 597 g/mol. The number of H-pyrrole nitrogens is 2. The van der Waals surface area contributed by atoms with Gasteiger partial charge in [0.1, 0.15) is 0 Å². The van der Waals surface area contributed by atoms with Crippen LogP contribution in [0.15, 0.2) is 30.3 Å². The molecule has 5 heterocycles. The predicted molar refractivity (Wildman–Crippen MR) is 177 cm³/mol. The van der Waals surface area contributed by atoms with Gasteiger partial charge >= 0.3 is 11.9 Å². The van der Waals surface area contributed by atoms with E-state index >= 15 is 0 Å². The molecule has 0 aliphatic carbocycles. The smallest absolute Gasteiger partial charge is 0.328 e. The van der Waals surface area contributed by atoms with E-state index in [-0.39, 0.29) is 6.42 Å². The first-order chi connectivity index (χ1) is 20.5.